The molecular weight excluding hydrogens is 332 g/mol. The number of carbonyl (C=O) groups excluding carboxylic acids is 1. The summed E-state index contributed by atoms with van der Waals surface area (Å²) < 4.78 is 0. The van der Waals surface area contributed by atoms with Gasteiger partial charge in [-0.3, -0.25) is 4.79 Å². The number of hydrogen-bond donors (Lipinski definition) is 0. The molecule has 148 valence electrons. The molecule has 0 spiro atoms. The zero-order chi connectivity index (χ0) is 20.4. The molecule has 0 atom stereocenters. The van der Waals surface area contributed by atoms with Crippen LogP contribution in [0.15, 0.2) is 18.2 Å². The number of carbonyl (C=O) groups is 1. The normalized spacial score (nSPS) is 13.8. The standard InChI is InChI=1S/C21H34O5/c1-18(2,3)23-25-20(7,8)16-13-11-12-15(14-22)17(16)21(9,10)26-24-19(4,5)6/h11-14H,1-10H3. The van der Waals surface area contributed by atoms with Crippen molar-refractivity contribution in [3.63, 3.8) is 0 Å². The molecule has 0 saturated heterocycles. The number of rotatable bonds is 7. The van der Waals surface area contributed by atoms with E-state index in [9.17, 15) is 4.79 Å². The largest absolute Gasteiger partial charge is 0.298 e. The summed E-state index contributed by atoms with van der Waals surface area (Å²) in [6.45, 7) is 19.0. The van der Waals surface area contributed by atoms with Gasteiger partial charge in [-0.2, -0.15) is 0 Å². The van der Waals surface area contributed by atoms with Gasteiger partial charge >= 0.3 is 0 Å². The number of hydrogen-bond acceptors (Lipinski definition) is 5. The first-order valence-electron chi connectivity index (χ1n) is 8.92. The quantitative estimate of drug-likeness (QED) is 0.364. The molecule has 0 bridgehead atoms. The molecule has 0 amide bonds. The molecule has 0 aliphatic carbocycles. The summed E-state index contributed by atoms with van der Waals surface area (Å²) in [6, 6.07) is 5.50. The Bertz CT molecular complexity index is 618. The van der Waals surface area contributed by atoms with Crippen molar-refractivity contribution in [3.8, 4) is 0 Å². The lowest BCUT2D eigenvalue weighted by Gasteiger charge is -2.36. The van der Waals surface area contributed by atoms with Crippen molar-refractivity contribution in [3.05, 3.63) is 34.9 Å². The maximum Gasteiger partial charge on any atom is 0.150 e. The zero-order valence-corrected chi connectivity index (χ0v) is 17.9. The summed E-state index contributed by atoms with van der Waals surface area (Å²) in [5.41, 5.74) is -0.573. The topological polar surface area (TPSA) is 54.0 Å². The summed E-state index contributed by atoms with van der Waals surface area (Å²) in [7, 11) is 0. The Morgan fingerprint density at radius 1 is 0.692 bits per heavy atom. The van der Waals surface area contributed by atoms with Crippen LogP contribution in [0.3, 0.4) is 0 Å². The van der Waals surface area contributed by atoms with E-state index in [1.165, 1.54) is 0 Å². The molecule has 0 heterocycles. The van der Waals surface area contributed by atoms with Gasteiger partial charge in [0.15, 0.2) is 0 Å². The second-order valence-corrected chi connectivity index (χ2v) is 9.47. The summed E-state index contributed by atoms with van der Waals surface area (Å²) in [4.78, 5) is 34.3. The molecule has 1 rings (SSSR count). The Kier molecular flexibility index (Phi) is 6.80. The highest BCUT2D eigenvalue weighted by molar-refractivity contribution is 5.79. The van der Waals surface area contributed by atoms with Gasteiger partial charge in [0.05, 0.1) is 11.2 Å². The van der Waals surface area contributed by atoms with Crippen LogP contribution in [0.5, 0.6) is 0 Å². The summed E-state index contributed by atoms with van der Waals surface area (Å²) >= 11 is 0. The lowest BCUT2D eigenvalue weighted by Crippen LogP contribution is -2.35. The molecule has 5 nitrogen and oxygen atoms in total. The summed E-state index contributed by atoms with van der Waals surface area (Å²) in [5, 5.41) is 0. The minimum atomic E-state index is -0.873. The SMILES string of the molecule is CC(C)(C)OOC(C)(C)c1cccc(C=O)c1C(C)(C)OOC(C)(C)C. The van der Waals surface area contributed by atoms with Crippen molar-refractivity contribution in [2.45, 2.75) is 91.6 Å². The predicted octanol–water partition coefficient (Wildman–Crippen LogP) is 5.46. The summed E-state index contributed by atoms with van der Waals surface area (Å²) in [6.07, 6.45) is 0.821. The van der Waals surface area contributed by atoms with E-state index in [0.717, 1.165) is 11.8 Å². The van der Waals surface area contributed by atoms with Crippen LogP contribution in [0.25, 0.3) is 0 Å². The van der Waals surface area contributed by atoms with E-state index in [1.54, 1.807) is 6.07 Å². The fourth-order valence-electron chi connectivity index (χ4n) is 2.39. The molecule has 1 aromatic carbocycles. The van der Waals surface area contributed by atoms with Gasteiger partial charge in [-0.25, -0.2) is 19.6 Å². The van der Waals surface area contributed by atoms with Crippen LogP contribution < -0.4 is 0 Å². The van der Waals surface area contributed by atoms with Crippen molar-refractivity contribution in [2.75, 3.05) is 0 Å². The molecule has 5 heteroatoms. The highest BCUT2D eigenvalue weighted by Gasteiger charge is 2.37. The highest BCUT2D eigenvalue weighted by Crippen LogP contribution is 2.39. The van der Waals surface area contributed by atoms with Gasteiger partial charge in [0.2, 0.25) is 0 Å². The Labute approximate surface area is 157 Å². The minimum absolute atomic E-state index is 0.457. The lowest BCUT2D eigenvalue weighted by atomic mass is 9.82. The molecular formula is C21H34O5. The third kappa shape index (κ3) is 6.47. The third-order valence-electron chi connectivity index (χ3n) is 3.47. The molecule has 0 aliphatic heterocycles. The molecule has 0 radical (unpaired) electrons. The predicted molar refractivity (Wildman–Crippen MR) is 102 cm³/mol. The van der Waals surface area contributed by atoms with E-state index >= 15 is 0 Å². The van der Waals surface area contributed by atoms with Crippen LogP contribution >= 0.6 is 0 Å². The minimum Gasteiger partial charge on any atom is -0.298 e. The first-order valence-corrected chi connectivity index (χ1v) is 8.92. The molecule has 0 N–H and O–H groups in total. The Balaban J connectivity index is 3.36. The second kappa shape index (κ2) is 7.77. The fourth-order valence-corrected chi connectivity index (χ4v) is 2.39. The van der Waals surface area contributed by atoms with E-state index in [-0.39, 0.29) is 0 Å². The van der Waals surface area contributed by atoms with Crippen LogP contribution in [0.4, 0.5) is 0 Å². The van der Waals surface area contributed by atoms with Gasteiger partial charge in [-0.15, -0.1) is 0 Å². The highest BCUT2D eigenvalue weighted by atomic mass is 17.2. The molecule has 26 heavy (non-hydrogen) atoms. The van der Waals surface area contributed by atoms with Gasteiger partial charge in [-0.05, 0) is 74.8 Å². The molecule has 0 unspecified atom stereocenters. The first kappa shape index (κ1) is 22.8. The molecule has 1 aromatic rings. The van der Waals surface area contributed by atoms with E-state index in [1.807, 2.05) is 81.4 Å². The average Bonchev–Trinajstić information content (AvgIpc) is 2.49. The van der Waals surface area contributed by atoms with Gasteiger partial charge in [0, 0.05) is 11.1 Å². The zero-order valence-electron chi connectivity index (χ0n) is 17.9. The van der Waals surface area contributed by atoms with Crippen molar-refractivity contribution in [1.29, 1.82) is 0 Å². The fraction of sp³-hybridized carbons (Fsp3) is 0.667. The number of benzene rings is 1. The van der Waals surface area contributed by atoms with Crippen molar-refractivity contribution in [2.24, 2.45) is 0 Å². The van der Waals surface area contributed by atoms with Crippen molar-refractivity contribution in [1.82, 2.24) is 0 Å². The number of aldehydes is 1. The lowest BCUT2D eigenvalue weighted by molar-refractivity contribution is -0.407. The van der Waals surface area contributed by atoms with Crippen LogP contribution in [-0.4, -0.2) is 17.5 Å². The Morgan fingerprint density at radius 3 is 1.58 bits per heavy atom. The van der Waals surface area contributed by atoms with Gasteiger partial charge < -0.3 is 0 Å². The Hall–Kier alpha value is -1.27. The third-order valence-corrected chi connectivity index (χ3v) is 3.47. The first-order chi connectivity index (χ1) is 11.6. The monoisotopic (exact) mass is 366 g/mol. The van der Waals surface area contributed by atoms with E-state index in [0.29, 0.717) is 11.1 Å². The van der Waals surface area contributed by atoms with Crippen molar-refractivity contribution < 1.29 is 24.3 Å². The van der Waals surface area contributed by atoms with Gasteiger partial charge in [-0.1, -0.05) is 18.2 Å². The van der Waals surface area contributed by atoms with Crippen LogP contribution in [0, 0.1) is 0 Å². The van der Waals surface area contributed by atoms with E-state index in [4.69, 9.17) is 19.6 Å². The molecule has 0 saturated carbocycles. The van der Waals surface area contributed by atoms with Gasteiger partial charge in [0.1, 0.15) is 17.5 Å². The van der Waals surface area contributed by atoms with E-state index < -0.39 is 22.4 Å². The van der Waals surface area contributed by atoms with E-state index in [2.05, 4.69) is 0 Å². The molecule has 0 aromatic heterocycles. The summed E-state index contributed by atoms with van der Waals surface area (Å²) in [5.74, 6) is 0. The molecule has 0 fully saturated rings. The molecule has 0 aliphatic rings. The average molecular weight is 366 g/mol. The maximum absolute atomic E-state index is 11.7. The van der Waals surface area contributed by atoms with Crippen molar-refractivity contribution >= 4 is 6.29 Å². The van der Waals surface area contributed by atoms with Crippen LogP contribution in [0.1, 0.15) is 90.7 Å². The maximum atomic E-state index is 11.7. The smallest absolute Gasteiger partial charge is 0.150 e. The van der Waals surface area contributed by atoms with Crippen LogP contribution in [-0.2, 0) is 30.8 Å². The second-order valence-electron chi connectivity index (χ2n) is 9.47. The van der Waals surface area contributed by atoms with Crippen LogP contribution in [0.2, 0.25) is 0 Å². The van der Waals surface area contributed by atoms with Gasteiger partial charge in [0.25, 0.3) is 0 Å². The Morgan fingerprint density at radius 2 is 1.15 bits per heavy atom.